The molecular weight excluding hydrogens is 366 g/mol. The van der Waals surface area contributed by atoms with Gasteiger partial charge in [0, 0.05) is 37.7 Å². The number of carbonyl (C=O) groups excluding carboxylic acids is 1. The molecule has 29 heavy (non-hydrogen) atoms. The van der Waals surface area contributed by atoms with E-state index in [2.05, 4.69) is 23.5 Å². The highest BCUT2D eigenvalue weighted by molar-refractivity contribution is 5.91. The SMILES string of the molecule is COc1ccc(C2(CNC(=O)/C=C/c3ccc4c(c3)CCO4)CCOCC2)cc1. The third-order valence-corrected chi connectivity index (χ3v) is 5.89. The normalized spacial score (nSPS) is 17.6. The molecule has 4 rings (SSSR count). The standard InChI is InChI=1S/C24H27NO4/c1-27-21-6-4-20(5-7-21)24(11-14-28-15-12-24)17-25-23(26)9-3-18-2-8-22-19(16-18)10-13-29-22/h2-9,16H,10-15,17H2,1H3,(H,25,26)/b9-3+. The number of fused-ring (bicyclic) bond motifs is 1. The Hall–Kier alpha value is -2.79. The molecule has 2 aliphatic rings. The van der Waals surface area contributed by atoms with E-state index in [0.29, 0.717) is 19.8 Å². The van der Waals surface area contributed by atoms with Crippen molar-refractivity contribution in [1.82, 2.24) is 5.32 Å². The quantitative estimate of drug-likeness (QED) is 0.763. The summed E-state index contributed by atoms with van der Waals surface area (Å²) in [6.45, 7) is 2.73. The van der Waals surface area contributed by atoms with E-state index in [1.165, 1.54) is 11.1 Å². The fourth-order valence-corrected chi connectivity index (χ4v) is 4.07. The van der Waals surface area contributed by atoms with Crippen LogP contribution >= 0.6 is 0 Å². The van der Waals surface area contributed by atoms with Crippen molar-refractivity contribution in [1.29, 1.82) is 0 Å². The molecule has 5 heteroatoms. The Labute approximate surface area is 171 Å². The van der Waals surface area contributed by atoms with Crippen molar-refractivity contribution in [3.8, 4) is 11.5 Å². The molecule has 2 heterocycles. The Morgan fingerprint density at radius 3 is 2.69 bits per heavy atom. The zero-order valence-electron chi connectivity index (χ0n) is 16.8. The van der Waals surface area contributed by atoms with Crippen LogP contribution in [0.2, 0.25) is 0 Å². The third kappa shape index (κ3) is 4.46. The lowest BCUT2D eigenvalue weighted by Gasteiger charge is -2.38. The first-order valence-corrected chi connectivity index (χ1v) is 10.1. The van der Waals surface area contributed by atoms with E-state index in [0.717, 1.165) is 42.9 Å². The topological polar surface area (TPSA) is 56.8 Å². The van der Waals surface area contributed by atoms with E-state index in [-0.39, 0.29) is 11.3 Å². The molecule has 1 amide bonds. The van der Waals surface area contributed by atoms with Crippen LogP contribution in [0.1, 0.15) is 29.5 Å². The summed E-state index contributed by atoms with van der Waals surface area (Å²) >= 11 is 0. The summed E-state index contributed by atoms with van der Waals surface area (Å²) in [5, 5.41) is 3.11. The summed E-state index contributed by atoms with van der Waals surface area (Å²) < 4.78 is 16.4. The van der Waals surface area contributed by atoms with Gasteiger partial charge in [-0.15, -0.1) is 0 Å². The van der Waals surface area contributed by atoms with Gasteiger partial charge < -0.3 is 19.5 Å². The predicted octanol–water partition coefficient (Wildman–Crippen LogP) is 3.51. The van der Waals surface area contributed by atoms with Crippen LogP contribution < -0.4 is 14.8 Å². The van der Waals surface area contributed by atoms with Crippen LogP contribution in [-0.2, 0) is 21.4 Å². The van der Waals surface area contributed by atoms with E-state index in [1.807, 2.05) is 30.3 Å². The van der Waals surface area contributed by atoms with E-state index in [1.54, 1.807) is 13.2 Å². The molecule has 2 aromatic rings. The highest BCUT2D eigenvalue weighted by atomic mass is 16.5. The molecule has 1 saturated heterocycles. The second kappa shape index (κ2) is 8.70. The van der Waals surface area contributed by atoms with Crippen LogP contribution in [0.3, 0.4) is 0 Å². The molecule has 1 N–H and O–H groups in total. The monoisotopic (exact) mass is 393 g/mol. The first-order chi connectivity index (χ1) is 14.2. The molecule has 0 unspecified atom stereocenters. The summed E-state index contributed by atoms with van der Waals surface area (Å²) in [7, 11) is 1.67. The number of ether oxygens (including phenoxy) is 3. The van der Waals surface area contributed by atoms with E-state index in [4.69, 9.17) is 14.2 Å². The summed E-state index contributed by atoms with van der Waals surface area (Å²) in [6, 6.07) is 14.2. The number of carbonyl (C=O) groups is 1. The van der Waals surface area contributed by atoms with Crippen LogP contribution in [0, 0.1) is 0 Å². The lowest BCUT2D eigenvalue weighted by molar-refractivity contribution is -0.116. The lowest BCUT2D eigenvalue weighted by atomic mass is 9.74. The van der Waals surface area contributed by atoms with Crippen molar-refractivity contribution in [3.05, 3.63) is 65.2 Å². The summed E-state index contributed by atoms with van der Waals surface area (Å²) in [5.74, 6) is 1.70. The number of rotatable bonds is 6. The zero-order valence-corrected chi connectivity index (χ0v) is 16.8. The summed E-state index contributed by atoms with van der Waals surface area (Å²) in [5.41, 5.74) is 3.32. The number of benzene rings is 2. The molecule has 0 atom stereocenters. The Morgan fingerprint density at radius 1 is 1.14 bits per heavy atom. The Bertz CT molecular complexity index is 882. The molecule has 0 radical (unpaired) electrons. The van der Waals surface area contributed by atoms with Crippen LogP contribution in [0.4, 0.5) is 0 Å². The van der Waals surface area contributed by atoms with Gasteiger partial charge in [-0.1, -0.05) is 18.2 Å². The molecular formula is C24H27NO4. The molecule has 1 fully saturated rings. The van der Waals surface area contributed by atoms with Gasteiger partial charge in [0.1, 0.15) is 11.5 Å². The number of amides is 1. The smallest absolute Gasteiger partial charge is 0.244 e. The maximum atomic E-state index is 12.5. The van der Waals surface area contributed by atoms with Crippen molar-refractivity contribution in [3.63, 3.8) is 0 Å². The highest BCUT2D eigenvalue weighted by Gasteiger charge is 2.34. The van der Waals surface area contributed by atoms with Crippen LogP contribution in [-0.4, -0.2) is 39.4 Å². The van der Waals surface area contributed by atoms with Gasteiger partial charge in [0.25, 0.3) is 0 Å². The van der Waals surface area contributed by atoms with Gasteiger partial charge in [-0.2, -0.15) is 0 Å². The molecule has 2 aromatic carbocycles. The Balaban J connectivity index is 1.42. The van der Waals surface area contributed by atoms with Gasteiger partial charge in [-0.25, -0.2) is 0 Å². The van der Waals surface area contributed by atoms with Crippen molar-refractivity contribution in [2.75, 3.05) is 33.5 Å². The van der Waals surface area contributed by atoms with Crippen molar-refractivity contribution < 1.29 is 19.0 Å². The molecule has 0 spiro atoms. The fraction of sp³-hybridized carbons (Fsp3) is 0.375. The van der Waals surface area contributed by atoms with Gasteiger partial charge in [0.05, 0.1) is 13.7 Å². The van der Waals surface area contributed by atoms with Crippen molar-refractivity contribution in [2.45, 2.75) is 24.7 Å². The molecule has 0 saturated carbocycles. The molecule has 0 bridgehead atoms. The number of hydrogen-bond acceptors (Lipinski definition) is 4. The number of nitrogens with one attached hydrogen (secondary N) is 1. The minimum absolute atomic E-state index is 0.0823. The number of hydrogen-bond donors (Lipinski definition) is 1. The van der Waals surface area contributed by atoms with Crippen molar-refractivity contribution >= 4 is 12.0 Å². The van der Waals surface area contributed by atoms with Gasteiger partial charge in [0.15, 0.2) is 0 Å². The van der Waals surface area contributed by atoms with Crippen LogP contribution in [0.5, 0.6) is 11.5 Å². The fourth-order valence-electron chi connectivity index (χ4n) is 4.07. The average Bonchev–Trinajstić information content (AvgIpc) is 3.25. The van der Waals surface area contributed by atoms with E-state index in [9.17, 15) is 4.79 Å². The Morgan fingerprint density at radius 2 is 1.93 bits per heavy atom. The maximum absolute atomic E-state index is 12.5. The number of methoxy groups -OCH3 is 1. The molecule has 0 aliphatic carbocycles. The molecule has 0 aromatic heterocycles. The second-order valence-corrected chi connectivity index (χ2v) is 7.64. The molecule has 2 aliphatic heterocycles. The van der Waals surface area contributed by atoms with E-state index < -0.39 is 0 Å². The molecule has 152 valence electrons. The van der Waals surface area contributed by atoms with Gasteiger partial charge in [0.2, 0.25) is 5.91 Å². The van der Waals surface area contributed by atoms with E-state index >= 15 is 0 Å². The second-order valence-electron chi connectivity index (χ2n) is 7.64. The summed E-state index contributed by atoms with van der Waals surface area (Å²) in [6.07, 6.45) is 6.16. The van der Waals surface area contributed by atoms with Gasteiger partial charge >= 0.3 is 0 Å². The maximum Gasteiger partial charge on any atom is 0.244 e. The average molecular weight is 393 g/mol. The summed E-state index contributed by atoms with van der Waals surface area (Å²) in [4.78, 5) is 12.5. The van der Waals surface area contributed by atoms with Crippen molar-refractivity contribution in [2.24, 2.45) is 0 Å². The van der Waals surface area contributed by atoms with Crippen LogP contribution in [0.25, 0.3) is 6.08 Å². The lowest BCUT2D eigenvalue weighted by Crippen LogP contribution is -2.44. The highest BCUT2D eigenvalue weighted by Crippen LogP contribution is 2.35. The minimum Gasteiger partial charge on any atom is -0.497 e. The Kier molecular flexibility index (Phi) is 5.86. The van der Waals surface area contributed by atoms with Gasteiger partial charge in [-0.05, 0) is 59.9 Å². The predicted molar refractivity (Wildman–Crippen MR) is 112 cm³/mol. The third-order valence-electron chi connectivity index (χ3n) is 5.89. The van der Waals surface area contributed by atoms with Crippen LogP contribution in [0.15, 0.2) is 48.5 Å². The molecule has 5 nitrogen and oxygen atoms in total. The van der Waals surface area contributed by atoms with Gasteiger partial charge in [-0.3, -0.25) is 4.79 Å². The minimum atomic E-state index is -0.112. The largest absolute Gasteiger partial charge is 0.497 e. The zero-order chi connectivity index (χ0) is 20.1. The first kappa shape index (κ1) is 19.5. The first-order valence-electron chi connectivity index (χ1n) is 10.1.